The van der Waals surface area contributed by atoms with Crippen LogP contribution in [0.25, 0.3) is 22.0 Å². The van der Waals surface area contributed by atoms with Crippen molar-refractivity contribution in [1.29, 1.82) is 0 Å². The second-order valence-corrected chi connectivity index (χ2v) is 14.4. The Morgan fingerprint density at radius 2 is 1.59 bits per heavy atom. The maximum atomic E-state index is 5.31. The fourth-order valence-corrected chi connectivity index (χ4v) is 9.34. The summed E-state index contributed by atoms with van der Waals surface area (Å²) in [4.78, 5) is 7.86. The average molecular weight is 632 g/mol. The Morgan fingerprint density at radius 1 is 0.816 bits per heavy atom. The summed E-state index contributed by atoms with van der Waals surface area (Å²) < 4.78 is 2.46. The first-order chi connectivity index (χ1) is 24.1. The Hall–Kier alpha value is -5.71. The third-order valence-corrected chi connectivity index (χ3v) is 11.6. The number of anilines is 2. The highest BCUT2D eigenvalue weighted by atomic mass is 15.2. The van der Waals surface area contributed by atoms with Gasteiger partial charge in [-0.2, -0.15) is 0 Å². The number of para-hydroxylation sites is 4. The Kier molecular flexibility index (Phi) is 5.51. The van der Waals surface area contributed by atoms with Gasteiger partial charge in [0.15, 0.2) is 17.6 Å². The summed E-state index contributed by atoms with van der Waals surface area (Å²) in [5.41, 5.74) is 15.4. The molecule has 0 spiro atoms. The van der Waals surface area contributed by atoms with Gasteiger partial charge in [0, 0.05) is 39.7 Å². The maximum absolute atomic E-state index is 5.31. The van der Waals surface area contributed by atoms with Crippen LogP contribution in [0.1, 0.15) is 40.8 Å². The van der Waals surface area contributed by atoms with Gasteiger partial charge in [-0.15, -0.1) is 0 Å². The van der Waals surface area contributed by atoms with Crippen molar-refractivity contribution in [3.63, 3.8) is 0 Å². The molecular weight excluding hydrogens is 597 g/mol. The molecule has 0 saturated heterocycles. The molecule has 0 amide bonds. The summed E-state index contributed by atoms with van der Waals surface area (Å²) in [5, 5.41) is 3.79. The van der Waals surface area contributed by atoms with E-state index in [9.17, 15) is 0 Å². The molecule has 0 fully saturated rings. The van der Waals surface area contributed by atoms with Gasteiger partial charge in [-0.3, -0.25) is 9.88 Å². The molecule has 234 valence electrons. The van der Waals surface area contributed by atoms with Crippen LogP contribution in [-0.4, -0.2) is 22.5 Å². The van der Waals surface area contributed by atoms with E-state index >= 15 is 0 Å². The van der Waals surface area contributed by atoms with E-state index < -0.39 is 0 Å². The van der Waals surface area contributed by atoms with Crippen molar-refractivity contribution in [1.82, 2.24) is 4.57 Å². The van der Waals surface area contributed by atoms with Gasteiger partial charge in [-0.1, -0.05) is 122 Å². The molecule has 3 aliphatic heterocycles. The van der Waals surface area contributed by atoms with Gasteiger partial charge in [0.2, 0.25) is 0 Å². The highest BCUT2D eigenvalue weighted by molar-refractivity contribution is 6.15. The number of allylic oxidation sites excluding steroid dienone is 3. The van der Waals surface area contributed by atoms with E-state index in [0.717, 1.165) is 17.9 Å². The van der Waals surface area contributed by atoms with Crippen molar-refractivity contribution >= 4 is 50.6 Å². The number of nitrogens with two attached hydrogens (primary N) is 1. The normalized spacial score (nSPS) is 24.0. The Morgan fingerprint density at radius 3 is 2.47 bits per heavy atom. The third kappa shape index (κ3) is 3.81. The molecule has 0 saturated carbocycles. The van der Waals surface area contributed by atoms with Crippen molar-refractivity contribution in [3.8, 4) is 0 Å². The molecule has 49 heavy (non-hydrogen) atoms. The molecule has 0 radical (unpaired) electrons. The SMILES string of the molecule is CC1(c2ccc3c(c2)C2C=CC(c4ccccc4)=CC2N3c2ccccc2)C=C2c3c(c4ccccc4n3C3=Nc4ccccc4[NH2+]C23)C1. The quantitative estimate of drug-likeness (QED) is 0.195. The number of aromatic nitrogens is 1. The summed E-state index contributed by atoms with van der Waals surface area (Å²) in [6, 6.07) is 46.9. The molecule has 4 nitrogen and oxygen atoms in total. The lowest BCUT2D eigenvalue weighted by molar-refractivity contribution is -0.579. The smallest absolute Gasteiger partial charge is 0.178 e. The molecule has 6 aromatic rings. The number of benzene rings is 5. The van der Waals surface area contributed by atoms with E-state index in [1.54, 1.807) is 0 Å². The van der Waals surface area contributed by atoms with Crippen LogP contribution in [-0.2, 0) is 11.8 Å². The lowest BCUT2D eigenvalue weighted by Crippen LogP contribution is -2.87. The summed E-state index contributed by atoms with van der Waals surface area (Å²) in [5.74, 6) is 1.41. The summed E-state index contributed by atoms with van der Waals surface area (Å²) in [7, 11) is 0. The molecule has 2 aliphatic carbocycles. The highest BCUT2D eigenvalue weighted by Gasteiger charge is 2.48. The van der Waals surface area contributed by atoms with Gasteiger partial charge in [-0.25, -0.2) is 4.99 Å². The molecule has 4 unspecified atom stereocenters. The molecule has 0 bridgehead atoms. The fourth-order valence-electron chi connectivity index (χ4n) is 9.34. The number of fused-ring (bicyclic) bond motifs is 10. The zero-order valence-electron chi connectivity index (χ0n) is 27.3. The van der Waals surface area contributed by atoms with Crippen molar-refractivity contribution in [2.75, 3.05) is 4.90 Å². The molecule has 4 heteroatoms. The van der Waals surface area contributed by atoms with Gasteiger partial charge in [0.1, 0.15) is 5.69 Å². The lowest BCUT2D eigenvalue weighted by atomic mass is 9.70. The van der Waals surface area contributed by atoms with Crippen LogP contribution >= 0.6 is 0 Å². The van der Waals surface area contributed by atoms with E-state index in [2.05, 4.69) is 173 Å². The lowest BCUT2D eigenvalue weighted by Gasteiger charge is -2.33. The van der Waals surface area contributed by atoms with Crippen molar-refractivity contribution in [2.24, 2.45) is 4.99 Å². The molecule has 4 heterocycles. The zero-order chi connectivity index (χ0) is 32.3. The Balaban J connectivity index is 1.06. The molecule has 4 atom stereocenters. The third-order valence-electron chi connectivity index (χ3n) is 11.6. The van der Waals surface area contributed by atoms with Gasteiger partial charge >= 0.3 is 0 Å². The molecule has 5 aromatic carbocycles. The first kappa shape index (κ1) is 27.3. The van der Waals surface area contributed by atoms with E-state index in [4.69, 9.17) is 4.99 Å². The van der Waals surface area contributed by atoms with E-state index in [1.807, 2.05) is 0 Å². The average Bonchev–Trinajstić information content (AvgIpc) is 3.78. The number of quaternary nitrogens is 1. The minimum absolute atomic E-state index is 0.142. The standard InChI is InChI=1S/C45H34N4/c1-45(26-35-32-16-8-11-19-39(32)49-43(35)36(27-45)42-44(49)47-38-18-10-9-17-37(38)46-42)30-21-23-40-34(25-30)33-22-20-29(28-12-4-2-5-13-28)24-41(33)48(40)31-14-6-3-7-15-31/h2-25,27,33,41-42,46H,26H2,1H3/p+1. The molecule has 2 N–H and O–H groups in total. The van der Waals surface area contributed by atoms with Gasteiger partial charge in [-0.05, 0) is 64.6 Å². The second-order valence-electron chi connectivity index (χ2n) is 14.4. The van der Waals surface area contributed by atoms with Crippen LogP contribution < -0.4 is 10.2 Å². The molecule has 1 aromatic heterocycles. The van der Waals surface area contributed by atoms with Crippen LogP contribution in [0.4, 0.5) is 22.7 Å². The first-order valence-corrected chi connectivity index (χ1v) is 17.5. The molecule has 11 rings (SSSR count). The fraction of sp³-hybridized carbons (Fsp3) is 0.133. The zero-order valence-corrected chi connectivity index (χ0v) is 27.3. The van der Waals surface area contributed by atoms with Crippen molar-refractivity contribution in [2.45, 2.75) is 36.8 Å². The topological polar surface area (TPSA) is 37.1 Å². The minimum Gasteiger partial charge on any atom is -0.333 e. The van der Waals surface area contributed by atoms with Gasteiger partial charge < -0.3 is 4.90 Å². The second kappa shape index (κ2) is 9.91. The molecule has 5 aliphatic rings. The van der Waals surface area contributed by atoms with Crippen LogP contribution in [0.2, 0.25) is 0 Å². The minimum atomic E-state index is -0.175. The number of aliphatic imine (C=N–C) groups is 1. The van der Waals surface area contributed by atoms with Gasteiger partial charge in [0.25, 0.3) is 0 Å². The first-order valence-electron chi connectivity index (χ1n) is 17.5. The maximum Gasteiger partial charge on any atom is 0.178 e. The Labute approximate surface area is 286 Å². The number of hydrogen-bond donors (Lipinski definition) is 1. The van der Waals surface area contributed by atoms with E-state index in [1.165, 1.54) is 67.1 Å². The largest absolute Gasteiger partial charge is 0.333 e. The van der Waals surface area contributed by atoms with Crippen LogP contribution in [0, 0.1) is 0 Å². The summed E-state index contributed by atoms with van der Waals surface area (Å²) >= 11 is 0. The highest BCUT2D eigenvalue weighted by Crippen LogP contribution is 2.53. The van der Waals surface area contributed by atoms with Crippen LogP contribution in [0.5, 0.6) is 0 Å². The Bertz CT molecular complexity index is 2480. The van der Waals surface area contributed by atoms with Crippen molar-refractivity contribution < 1.29 is 5.32 Å². The van der Waals surface area contributed by atoms with Crippen LogP contribution in [0.3, 0.4) is 0 Å². The summed E-state index contributed by atoms with van der Waals surface area (Å²) in [6.45, 7) is 2.45. The number of hydrogen-bond acceptors (Lipinski definition) is 2. The molecular formula is C45H35N4+. The van der Waals surface area contributed by atoms with Crippen LogP contribution in [0.15, 0.2) is 157 Å². The summed E-state index contributed by atoms with van der Waals surface area (Å²) in [6.07, 6.45) is 10.8. The van der Waals surface area contributed by atoms with Gasteiger partial charge in [0.05, 0.1) is 17.3 Å². The predicted molar refractivity (Wildman–Crippen MR) is 200 cm³/mol. The number of nitrogens with zero attached hydrogens (tertiary/aromatic N) is 3. The predicted octanol–water partition coefficient (Wildman–Crippen LogP) is 8.97. The van der Waals surface area contributed by atoms with Crippen molar-refractivity contribution in [3.05, 3.63) is 180 Å². The van der Waals surface area contributed by atoms with E-state index in [-0.39, 0.29) is 23.4 Å². The monoisotopic (exact) mass is 631 g/mol. The number of rotatable bonds is 3. The van der Waals surface area contributed by atoms with E-state index in [0.29, 0.717) is 0 Å².